The van der Waals surface area contributed by atoms with Crippen molar-refractivity contribution in [1.82, 2.24) is 10.3 Å². The Labute approximate surface area is 153 Å². The van der Waals surface area contributed by atoms with E-state index in [2.05, 4.69) is 10.3 Å². The summed E-state index contributed by atoms with van der Waals surface area (Å²) in [7, 11) is 1.60. The molecule has 0 spiro atoms. The van der Waals surface area contributed by atoms with Gasteiger partial charge >= 0.3 is 0 Å². The summed E-state index contributed by atoms with van der Waals surface area (Å²) in [5.41, 5.74) is 1.85. The lowest BCUT2D eigenvalue weighted by Gasteiger charge is -2.07. The standard InChI is InChI=1S/C20H21N3O3/c1-25-12-2-9-23-20(24)18(14-21)13-16-3-5-19(6-4-16)26-15-17-7-10-22-11-8-17/h3-8,10-11,13H,2,9,12,15H2,1H3,(H,23,24). The largest absolute Gasteiger partial charge is 0.489 e. The first-order valence-corrected chi connectivity index (χ1v) is 8.23. The molecule has 1 N–H and O–H groups in total. The predicted octanol–water partition coefficient (Wildman–Crippen LogP) is 2.72. The van der Waals surface area contributed by atoms with Gasteiger partial charge in [0, 0.05) is 32.7 Å². The number of ether oxygens (including phenoxy) is 2. The molecule has 1 amide bonds. The quantitative estimate of drug-likeness (QED) is 0.427. The van der Waals surface area contributed by atoms with Crippen molar-refractivity contribution in [3.8, 4) is 11.8 Å². The van der Waals surface area contributed by atoms with Crippen LogP contribution in [-0.4, -0.2) is 31.2 Å². The van der Waals surface area contributed by atoms with E-state index in [1.807, 2.05) is 18.2 Å². The van der Waals surface area contributed by atoms with Gasteiger partial charge in [-0.2, -0.15) is 5.26 Å². The van der Waals surface area contributed by atoms with Gasteiger partial charge in [0.25, 0.3) is 5.91 Å². The topological polar surface area (TPSA) is 84.2 Å². The molecule has 6 nitrogen and oxygen atoms in total. The summed E-state index contributed by atoms with van der Waals surface area (Å²) in [6, 6.07) is 12.9. The van der Waals surface area contributed by atoms with Gasteiger partial charge in [-0.15, -0.1) is 0 Å². The summed E-state index contributed by atoms with van der Waals surface area (Å²) in [5.74, 6) is 0.322. The summed E-state index contributed by atoms with van der Waals surface area (Å²) >= 11 is 0. The van der Waals surface area contributed by atoms with Crippen molar-refractivity contribution in [3.63, 3.8) is 0 Å². The van der Waals surface area contributed by atoms with Crippen LogP contribution in [0.4, 0.5) is 0 Å². The molecule has 0 fully saturated rings. The van der Waals surface area contributed by atoms with Crippen molar-refractivity contribution in [3.05, 3.63) is 65.5 Å². The van der Waals surface area contributed by atoms with Gasteiger partial charge < -0.3 is 14.8 Å². The molecule has 26 heavy (non-hydrogen) atoms. The average molecular weight is 351 g/mol. The molecular weight excluding hydrogens is 330 g/mol. The fraction of sp³-hybridized carbons (Fsp3) is 0.250. The lowest BCUT2D eigenvalue weighted by molar-refractivity contribution is -0.117. The minimum atomic E-state index is -0.387. The Morgan fingerprint density at radius 1 is 1.23 bits per heavy atom. The molecule has 0 aliphatic heterocycles. The maximum absolute atomic E-state index is 12.0. The fourth-order valence-corrected chi connectivity index (χ4v) is 2.13. The zero-order valence-corrected chi connectivity index (χ0v) is 14.6. The summed E-state index contributed by atoms with van der Waals surface area (Å²) in [6.45, 7) is 1.48. The molecule has 6 heteroatoms. The van der Waals surface area contributed by atoms with Crippen molar-refractivity contribution >= 4 is 12.0 Å². The van der Waals surface area contributed by atoms with Crippen molar-refractivity contribution in [2.75, 3.05) is 20.3 Å². The molecule has 0 aliphatic rings. The molecule has 134 valence electrons. The third-order valence-corrected chi connectivity index (χ3v) is 3.52. The molecule has 0 aliphatic carbocycles. The number of nitrogens with one attached hydrogen (secondary N) is 1. The third kappa shape index (κ3) is 6.38. The number of hydrogen-bond donors (Lipinski definition) is 1. The highest BCUT2D eigenvalue weighted by Crippen LogP contribution is 2.16. The average Bonchev–Trinajstić information content (AvgIpc) is 2.69. The van der Waals surface area contributed by atoms with Crippen LogP contribution in [0.25, 0.3) is 6.08 Å². The van der Waals surface area contributed by atoms with E-state index >= 15 is 0 Å². The Balaban J connectivity index is 1.92. The Bertz CT molecular complexity index is 765. The second kappa shape index (κ2) is 10.6. The number of pyridine rings is 1. The van der Waals surface area contributed by atoms with Crippen LogP contribution in [0.5, 0.6) is 5.75 Å². The molecule has 0 saturated heterocycles. The van der Waals surface area contributed by atoms with E-state index in [1.54, 1.807) is 49.8 Å². The number of methoxy groups -OCH3 is 1. The van der Waals surface area contributed by atoms with Gasteiger partial charge in [-0.05, 0) is 47.9 Å². The van der Waals surface area contributed by atoms with Crippen LogP contribution in [0, 0.1) is 11.3 Å². The molecule has 0 unspecified atom stereocenters. The lowest BCUT2D eigenvalue weighted by Crippen LogP contribution is -2.26. The Hall–Kier alpha value is -3.17. The molecule has 1 aromatic carbocycles. The number of nitriles is 1. The molecule has 0 bridgehead atoms. The SMILES string of the molecule is COCCCNC(=O)C(C#N)=Cc1ccc(OCc2ccncc2)cc1. The molecule has 1 heterocycles. The smallest absolute Gasteiger partial charge is 0.261 e. The number of nitrogens with zero attached hydrogens (tertiary/aromatic N) is 2. The summed E-state index contributed by atoms with van der Waals surface area (Å²) in [4.78, 5) is 16.0. The van der Waals surface area contributed by atoms with Crippen molar-refractivity contribution < 1.29 is 14.3 Å². The first-order chi connectivity index (χ1) is 12.7. The zero-order chi connectivity index (χ0) is 18.6. The van der Waals surface area contributed by atoms with Crippen LogP contribution in [0.1, 0.15) is 17.5 Å². The van der Waals surface area contributed by atoms with Gasteiger partial charge in [-0.3, -0.25) is 9.78 Å². The summed E-state index contributed by atoms with van der Waals surface area (Å²) in [5, 5.41) is 11.9. The number of amides is 1. The van der Waals surface area contributed by atoms with Crippen molar-refractivity contribution in [2.24, 2.45) is 0 Å². The van der Waals surface area contributed by atoms with E-state index in [-0.39, 0.29) is 11.5 Å². The van der Waals surface area contributed by atoms with E-state index in [0.29, 0.717) is 31.9 Å². The van der Waals surface area contributed by atoms with E-state index < -0.39 is 0 Å². The monoisotopic (exact) mass is 351 g/mol. The number of carbonyl (C=O) groups is 1. The van der Waals surface area contributed by atoms with Gasteiger partial charge in [0.2, 0.25) is 0 Å². The predicted molar refractivity (Wildman–Crippen MR) is 98.1 cm³/mol. The number of hydrogen-bond acceptors (Lipinski definition) is 5. The number of carbonyl (C=O) groups excluding carboxylic acids is 1. The Morgan fingerprint density at radius 3 is 2.62 bits per heavy atom. The van der Waals surface area contributed by atoms with E-state index in [4.69, 9.17) is 9.47 Å². The molecule has 0 radical (unpaired) electrons. The van der Waals surface area contributed by atoms with E-state index in [9.17, 15) is 10.1 Å². The Kier molecular flexibility index (Phi) is 7.84. The van der Waals surface area contributed by atoms with Crippen molar-refractivity contribution in [1.29, 1.82) is 5.26 Å². The second-order valence-corrected chi connectivity index (χ2v) is 5.49. The molecule has 0 atom stereocenters. The van der Waals surface area contributed by atoms with Crippen LogP contribution in [-0.2, 0) is 16.1 Å². The minimum Gasteiger partial charge on any atom is -0.489 e. The molecule has 1 aromatic heterocycles. The second-order valence-electron chi connectivity index (χ2n) is 5.49. The van der Waals surface area contributed by atoms with E-state index in [1.165, 1.54) is 0 Å². The summed E-state index contributed by atoms with van der Waals surface area (Å²) < 4.78 is 10.6. The summed E-state index contributed by atoms with van der Waals surface area (Å²) in [6.07, 6.45) is 5.69. The van der Waals surface area contributed by atoms with Gasteiger partial charge in [-0.25, -0.2) is 0 Å². The van der Waals surface area contributed by atoms with Crippen LogP contribution in [0.2, 0.25) is 0 Å². The normalized spacial score (nSPS) is 10.8. The van der Waals surface area contributed by atoms with Crippen molar-refractivity contribution in [2.45, 2.75) is 13.0 Å². The molecule has 0 saturated carbocycles. The minimum absolute atomic E-state index is 0.0628. The van der Waals surface area contributed by atoms with Crippen LogP contribution in [0.3, 0.4) is 0 Å². The Morgan fingerprint density at radius 2 is 1.96 bits per heavy atom. The zero-order valence-electron chi connectivity index (χ0n) is 14.6. The van der Waals surface area contributed by atoms with Crippen LogP contribution >= 0.6 is 0 Å². The molecular formula is C20H21N3O3. The maximum Gasteiger partial charge on any atom is 0.261 e. The number of benzene rings is 1. The third-order valence-electron chi connectivity index (χ3n) is 3.52. The van der Waals surface area contributed by atoms with Gasteiger partial charge in [-0.1, -0.05) is 12.1 Å². The highest BCUT2D eigenvalue weighted by molar-refractivity contribution is 6.01. The van der Waals surface area contributed by atoms with E-state index in [0.717, 1.165) is 11.1 Å². The molecule has 2 rings (SSSR count). The van der Waals surface area contributed by atoms with Gasteiger partial charge in [0.05, 0.1) is 0 Å². The first kappa shape index (κ1) is 19.2. The highest BCUT2D eigenvalue weighted by atomic mass is 16.5. The molecule has 2 aromatic rings. The highest BCUT2D eigenvalue weighted by Gasteiger charge is 2.08. The number of rotatable bonds is 9. The first-order valence-electron chi connectivity index (χ1n) is 8.23. The van der Waals surface area contributed by atoms with Gasteiger partial charge in [0.15, 0.2) is 0 Å². The lowest BCUT2D eigenvalue weighted by atomic mass is 10.1. The number of aromatic nitrogens is 1. The van der Waals surface area contributed by atoms with Crippen LogP contribution < -0.4 is 10.1 Å². The fourth-order valence-electron chi connectivity index (χ4n) is 2.13. The van der Waals surface area contributed by atoms with Gasteiger partial charge in [0.1, 0.15) is 24.0 Å². The maximum atomic E-state index is 12.0. The van der Waals surface area contributed by atoms with Crippen LogP contribution in [0.15, 0.2) is 54.4 Å².